The van der Waals surface area contributed by atoms with Gasteiger partial charge in [0, 0.05) is 18.3 Å². The van der Waals surface area contributed by atoms with Crippen LogP contribution in [0, 0.1) is 17.3 Å². The van der Waals surface area contributed by atoms with E-state index >= 15 is 0 Å². The number of methoxy groups -OCH3 is 2. The third kappa shape index (κ3) is 6.41. The number of ether oxygens (including phenoxy) is 5. The van der Waals surface area contributed by atoms with E-state index in [1.165, 1.54) is 6.42 Å². The molecule has 2 saturated heterocycles. The Balaban J connectivity index is 1.07. The van der Waals surface area contributed by atoms with Crippen molar-refractivity contribution in [3.8, 4) is 23.0 Å². The highest BCUT2D eigenvalue weighted by molar-refractivity contribution is 6.10. The Morgan fingerprint density at radius 3 is 1.86 bits per heavy atom. The van der Waals surface area contributed by atoms with Crippen LogP contribution in [0.4, 0.5) is 0 Å². The molecule has 6 unspecified atom stereocenters. The molecule has 2 saturated carbocycles. The van der Waals surface area contributed by atoms with E-state index in [0.717, 1.165) is 62.6 Å². The van der Waals surface area contributed by atoms with Crippen molar-refractivity contribution in [2.24, 2.45) is 17.3 Å². The summed E-state index contributed by atoms with van der Waals surface area (Å²) in [6.45, 7) is 5.27. The number of hydrogen-bond acceptors (Lipinski definition) is 8. The van der Waals surface area contributed by atoms with Crippen LogP contribution in [0.25, 0.3) is 0 Å². The number of carbonyl (C=O) groups is 2. The lowest BCUT2D eigenvalue weighted by atomic mass is 9.78. The first kappa shape index (κ1) is 29.9. The van der Waals surface area contributed by atoms with Crippen LogP contribution >= 0.6 is 0 Å². The van der Waals surface area contributed by atoms with E-state index in [1.807, 2.05) is 36.4 Å². The fourth-order valence-electron chi connectivity index (χ4n) is 6.80. The fraction of sp³-hybridized carbons (Fsp3) is 0.600. The van der Waals surface area contributed by atoms with Gasteiger partial charge in [0.25, 0.3) is 0 Å². The third-order valence-corrected chi connectivity index (χ3v) is 9.65. The number of rotatable bonds is 12. The molecule has 2 heterocycles. The lowest BCUT2D eigenvalue weighted by Crippen LogP contribution is -2.38. The molecule has 6 atom stereocenters. The van der Waals surface area contributed by atoms with Crippen molar-refractivity contribution in [3.05, 3.63) is 47.5 Å². The van der Waals surface area contributed by atoms with Gasteiger partial charge in [-0.05, 0) is 113 Å². The topological polar surface area (TPSA) is 92.3 Å². The molecule has 43 heavy (non-hydrogen) atoms. The minimum absolute atomic E-state index is 0.00896. The Bertz CT molecular complexity index is 1230. The average molecular weight is 592 g/mol. The van der Waals surface area contributed by atoms with E-state index in [4.69, 9.17) is 23.7 Å². The SMILES string of the molecule is COc1cc(C2CC2C(=O)C(C)(C)C(=O)C2CC2c2ccc(OC3CCCCO3)c(OC)c2)ccc1OC1CCCCN1. The summed E-state index contributed by atoms with van der Waals surface area (Å²) in [7, 11) is 3.27. The maximum absolute atomic E-state index is 13.7. The van der Waals surface area contributed by atoms with E-state index in [2.05, 4.69) is 5.32 Å². The van der Waals surface area contributed by atoms with Gasteiger partial charge in [-0.1, -0.05) is 12.1 Å². The monoisotopic (exact) mass is 591 g/mol. The Kier molecular flexibility index (Phi) is 8.70. The molecule has 0 bridgehead atoms. The highest BCUT2D eigenvalue weighted by Gasteiger charge is 2.56. The number of piperidine rings is 1. The van der Waals surface area contributed by atoms with Gasteiger partial charge >= 0.3 is 0 Å². The molecular formula is C35H45NO7. The zero-order chi connectivity index (χ0) is 30.1. The Morgan fingerprint density at radius 1 is 0.767 bits per heavy atom. The molecule has 4 aliphatic rings. The first-order chi connectivity index (χ1) is 20.8. The van der Waals surface area contributed by atoms with Gasteiger partial charge in [-0.15, -0.1) is 0 Å². The smallest absolute Gasteiger partial charge is 0.200 e. The van der Waals surface area contributed by atoms with Crippen LogP contribution in [0.3, 0.4) is 0 Å². The summed E-state index contributed by atoms with van der Waals surface area (Å²) in [4.78, 5) is 27.4. The second-order valence-electron chi connectivity index (χ2n) is 13.0. The maximum atomic E-state index is 13.7. The predicted molar refractivity (Wildman–Crippen MR) is 162 cm³/mol. The van der Waals surface area contributed by atoms with Crippen molar-refractivity contribution in [2.75, 3.05) is 27.4 Å². The van der Waals surface area contributed by atoms with Gasteiger partial charge in [-0.3, -0.25) is 14.9 Å². The van der Waals surface area contributed by atoms with Crippen LogP contribution in [-0.2, 0) is 14.3 Å². The number of benzene rings is 2. The molecule has 6 rings (SSSR count). The van der Waals surface area contributed by atoms with Crippen molar-refractivity contribution in [2.45, 2.75) is 89.6 Å². The van der Waals surface area contributed by atoms with E-state index in [1.54, 1.807) is 28.1 Å². The minimum Gasteiger partial charge on any atom is -0.493 e. The number of carbonyl (C=O) groups excluding carboxylic acids is 2. The molecule has 4 fully saturated rings. The van der Waals surface area contributed by atoms with Crippen LogP contribution in [0.1, 0.15) is 88.2 Å². The second-order valence-corrected chi connectivity index (χ2v) is 13.0. The first-order valence-corrected chi connectivity index (χ1v) is 15.9. The summed E-state index contributed by atoms with van der Waals surface area (Å²) >= 11 is 0. The molecule has 0 amide bonds. The number of hydrogen-bond donors (Lipinski definition) is 1. The van der Waals surface area contributed by atoms with Crippen LogP contribution < -0.4 is 24.3 Å². The largest absolute Gasteiger partial charge is 0.493 e. The summed E-state index contributed by atoms with van der Waals surface area (Å²) in [5.41, 5.74) is 1.06. The molecule has 0 spiro atoms. The number of ketones is 2. The van der Waals surface area contributed by atoms with Gasteiger partial charge in [0.05, 0.1) is 26.2 Å². The van der Waals surface area contributed by atoms with Crippen molar-refractivity contribution >= 4 is 11.6 Å². The molecule has 2 aliphatic carbocycles. The first-order valence-electron chi connectivity index (χ1n) is 15.9. The summed E-state index contributed by atoms with van der Waals surface area (Å²) < 4.78 is 29.2. The quantitative estimate of drug-likeness (QED) is 0.294. The predicted octanol–water partition coefficient (Wildman–Crippen LogP) is 6.16. The molecule has 1 N–H and O–H groups in total. The molecule has 232 valence electrons. The zero-order valence-electron chi connectivity index (χ0n) is 25.9. The fourth-order valence-corrected chi connectivity index (χ4v) is 6.80. The summed E-state index contributed by atoms with van der Waals surface area (Å²) in [6.07, 6.45) is 7.52. The highest BCUT2D eigenvalue weighted by atomic mass is 16.7. The Labute approximate surface area is 254 Å². The molecule has 8 heteroatoms. The van der Waals surface area contributed by atoms with E-state index in [0.29, 0.717) is 29.6 Å². The lowest BCUT2D eigenvalue weighted by molar-refractivity contribution is -0.140. The van der Waals surface area contributed by atoms with Gasteiger partial charge < -0.3 is 23.7 Å². The summed E-state index contributed by atoms with van der Waals surface area (Å²) in [5.74, 6) is 2.60. The van der Waals surface area contributed by atoms with E-state index < -0.39 is 5.41 Å². The molecule has 0 radical (unpaired) electrons. The van der Waals surface area contributed by atoms with Gasteiger partial charge in [-0.2, -0.15) is 0 Å². The highest BCUT2D eigenvalue weighted by Crippen LogP contribution is 2.56. The third-order valence-electron chi connectivity index (χ3n) is 9.65. The van der Waals surface area contributed by atoms with Gasteiger partial charge in [-0.25, -0.2) is 0 Å². The second kappa shape index (κ2) is 12.5. The van der Waals surface area contributed by atoms with Gasteiger partial charge in [0.15, 0.2) is 29.3 Å². The Morgan fingerprint density at radius 2 is 1.35 bits per heavy atom. The minimum atomic E-state index is -1.04. The molecule has 2 aromatic rings. The molecule has 2 aliphatic heterocycles. The van der Waals surface area contributed by atoms with Crippen LogP contribution in [0.5, 0.6) is 23.0 Å². The van der Waals surface area contributed by atoms with Gasteiger partial charge in [0.1, 0.15) is 17.8 Å². The van der Waals surface area contributed by atoms with Crippen molar-refractivity contribution < 1.29 is 33.3 Å². The van der Waals surface area contributed by atoms with Crippen molar-refractivity contribution in [1.82, 2.24) is 5.32 Å². The van der Waals surface area contributed by atoms with Crippen molar-refractivity contribution in [1.29, 1.82) is 0 Å². The molecule has 2 aromatic carbocycles. The van der Waals surface area contributed by atoms with Crippen LogP contribution in [0.15, 0.2) is 36.4 Å². The molecule has 0 aromatic heterocycles. The molecule has 8 nitrogen and oxygen atoms in total. The van der Waals surface area contributed by atoms with E-state index in [9.17, 15) is 9.59 Å². The van der Waals surface area contributed by atoms with Crippen molar-refractivity contribution in [3.63, 3.8) is 0 Å². The standard InChI is InChI=1S/C35H45NO7/c1-35(2,33(37)25-19-23(25)21-11-13-27(29(17-21)39-3)42-31-9-5-7-15-36-31)34(38)26-20-24(26)22-12-14-28(30(18-22)40-4)43-32-10-6-8-16-41-32/h11-14,17-18,23-26,31-32,36H,5-10,15-16,19-20H2,1-4H3. The number of Topliss-reactive ketones (excluding diaryl/α,β-unsaturated/α-hetero) is 2. The maximum Gasteiger partial charge on any atom is 0.200 e. The van der Waals surface area contributed by atoms with Gasteiger partial charge in [0.2, 0.25) is 0 Å². The summed E-state index contributed by atoms with van der Waals surface area (Å²) in [5, 5.41) is 3.40. The van der Waals surface area contributed by atoms with E-state index in [-0.39, 0.29) is 47.8 Å². The summed E-state index contributed by atoms with van der Waals surface area (Å²) in [6, 6.07) is 11.9. The average Bonchev–Trinajstić information content (AvgIpc) is 3.97. The zero-order valence-corrected chi connectivity index (χ0v) is 25.9. The number of nitrogens with one attached hydrogen (secondary N) is 1. The van der Waals surface area contributed by atoms with Crippen LogP contribution in [-0.4, -0.2) is 51.5 Å². The normalized spacial score (nSPS) is 28.5. The lowest BCUT2D eigenvalue weighted by Gasteiger charge is -2.25. The van der Waals surface area contributed by atoms with Crippen LogP contribution in [0.2, 0.25) is 0 Å². The Hall–Kier alpha value is -3.10. The molecular weight excluding hydrogens is 546 g/mol.